The number of ether oxygens (including phenoxy) is 1. The van der Waals surface area contributed by atoms with Crippen molar-refractivity contribution in [2.24, 2.45) is 0 Å². The molecule has 0 aromatic carbocycles. The van der Waals surface area contributed by atoms with Gasteiger partial charge < -0.3 is 4.74 Å². The predicted molar refractivity (Wildman–Crippen MR) is 70.7 cm³/mol. The molecule has 0 radical (unpaired) electrons. The van der Waals surface area contributed by atoms with Crippen molar-refractivity contribution >= 4 is 11.6 Å². The van der Waals surface area contributed by atoms with Gasteiger partial charge >= 0.3 is 0 Å². The fourth-order valence-corrected chi connectivity index (χ4v) is 2.22. The average molecular weight is 273 g/mol. The Hall–Kier alpha value is -0.650. The van der Waals surface area contributed by atoms with Crippen molar-refractivity contribution in [3.63, 3.8) is 0 Å². The number of aromatic nitrogens is 3. The average Bonchev–Trinajstić information content (AvgIpc) is 2.78. The van der Waals surface area contributed by atoms with Gasteiger partial charge in [0.1, 0.15) is 5.69 Å². The van der Waals surface area contributed by atoms with Gasteiger partial charge in [0.15, 0.2) is 0 Å². The molecule has 2 rings (SSSR count). The summed E-state index contributed by atoms with van der Waals surface area (Å²) >= 11 is 5.97. The number of morpholine rings is 1. The van der Waals surface area contributed by atoms with E-state index in [-0.39, 0.29) is 11.5 Å². The van der Waals surface area contributed by atoms with Gasteiger partial charge in [-0.2, -0.15) is 0 Å². The third kappa shape index (κ3) is 3.43. The Morgan fingerprint density at radius 3 is 2.89 bits per heavy atom. The van der Waals surface area contributed by atoms with E-state index in [0.29, 0.717) is 6.04 Å². The molecule has 1 aromatic heterocycles. The quantitative estimate of drug-likeness (QED) is 0.783. The molecule has 1 saturated heterocycles. The summed E-state index contributed by atoms with van der Waals surface area (Å²) in [6, 6.07) is 0.561. The van der Waals surface area contributed by atoms with Gasteiger partial charge in [-0.15, -0.1) is 16.7 Å². The van der Waals surface area contributed by atoms with Gasteiger partial charge in [0.25, 0.3) is 0 Å². The zero-order valence-corrected chi connectivity index (χ0v) is 12.0. The van der Waals surface area contributed by atoms with Crippen molar-refractivity contribution in [2.45, 2.75) is 44.8 Å². The van der Waals surface area contributed by atoms with Gasteiger partial charge in [-0.25, -0.2) is 4.68 Å². The molecule has 0 saturated carbocycles. The monoisotopic (exact) mass is 272 g/mol. The third-order valence-corrected chi connectivity index (χ3v) is 3.48. The minimum atomic E-state index is -0.0989. The normalized spacial score (nSPS) is 23.5. The van der Waals surface area contributed by atoms with Gasteiger partial charge in [0, 0.05) is 19.1 Å². The molecule has 102 valence electrons. The number of halogens is 1. The third-order valence-electron chi connectivity index (χ3n) is 3.26. The number of rotatable bonds is 4. The topological polar surface area (TPSA) is 43.2 Å². The molecule has 0 bridgehead atoms. The van der Waals surface area contributed by atoms with Crippen LogP contribution < -0.4 is 0 Å². The van der Waals surface area contributed by atoms with E-state index in [2.05, 4.69) is 29.1 Å². The van der Waals surface area contributed by atoms with Crippen LogP contribution in [0.25, 0.3) is 0 Å². The zero-order chi connectivity index (χ0) is 13.1. The van der Waals surface area contributed by atoms with Crippen LogP contribution >= 0.6 is 11.6 Å². The van der Waals surface area contributed by atoms with Crippen molar-refractivity contribution in [1.82, 2.24) is 19.9 Å². The van der Waals surface area contributed by atoms with E-state index >= 15 is 0 Å². The largest absolute Gasteiger partial charge is 0.374 e. The second-order valence-electron chi connectivity index (χ2n) is 5.06. The Bertz CT molecular complexity index is 380. The summed E-state index contributed by atoms with van der Waals surface area (Å²) < 4.78 is 7.59. The lowest BCUT2D eigenvalue weighted by Crippen LogP contribution is -2.47. The van der Waals surface area contributed by atoms with Crippen molar-refractivity contribution in [2.75, 3.05) is 19.7 Å². The van der Waals surface area contributed by atoms with Gasteiger partial charge in [0.2, 0.25) is 0 Å². The van der Waals surface area contributed by atoms with Crippen LogP contribution in [0.3, 0.4) is 0 Å². The first kappa shape index (κ1) is 13.8. The molecule has 1 aliphatic heterocycles. The van der Waals surface area contributed by atoms with E-state index in [9.17, 15) is 0 Å². The lowest BCUT2D eigenvalue weighted by Gasteiger charge is -2.35. The summed E-state index contributed by atoms with van der Waals surface area (Å²) in [6.07, 6.45) is 2.08. The Labute approximate surface area is 113 Å². The highest BCUT2D eigenvalue weighted by atomic mass is 35.5. The second kappa shape index (κ2) is 5.99. The van der Waals surface area contributed by atoms with Crippen molar-refractivity contribution in [3.8, 4) is 0 Å². The summed E-state index contributed by atoms with van der Waals surface area (Å²) in [7, 11) is 0. The fourth-order valence-electron chi connectivity index (χ4n) is 2.12. The number of hydrogen-bond acceptors (Lipinski definition) is 4. The van der Waals surface area contributed by atoms with E-state index in [1.165, 1.54) is 0 Å². The zero-order valence-electron chi connectivity index (χ0n) is 11.2. The van der Waals surface area contributed by atoms with Crippen molar-refractivity contribution in [1.29, 1.82) is 0 Å². The number of nitrogens with zero attached hydrogens (tertiary/aromatic N) is 4. The molecule has 0 N–H and O–H groups in total. The smallest absolute Gasteiger partial charge is 0.100 e. The molecule has 1 aliphatic rings. The Morgan fingerprint density at radius 2 is 2.28 bits per heavy atom. The number of alkyl halides is 1. The molecule has 5 nitrogen and oxygen atoms in total. The van der Waals surface area contributed by atoms with E-state index in [1.807, 2.05) is 17.8 Å². The van der Waals surface area contributed by atoms with Crippen LogP contribution in [0.2, 0.25) is 0 Å². The maximum absolute atomic E-state index is 5.97. The summed E-state index contributed by atoms with van der Waals surface area (Å²) in [5.41, 5.74) is 0.813. The molecule has 2 unspecified atom stereocenters. The summed E-state index contributed by atoms with van der Waals surface area (Å²) in [5.74, 6) is 0. The van der Waals surface area contributed by atoms with Gasteiger partial charge in [-0.3, -0.25) is 4.90 Å². The summed E-state index contributed by atoms with van der Waals surface area (Å²) in [5, 5.41) is 8.03. The van der Waals surface area contributed by atoms with E-state index in [1.54, 1.807) is 0 Å². The molecular formula is C12H21ClN4O. The van der Waals surface area contributed by atoms with Gasteiger partial charge in [-0.1, -0.05) is 5.21 Å². The molecular weight excluding hydrogens is 252 g/mol. The van der Waals surface area contributed by atoms with Crippen LogP contribution in [0.4, 0.5) is 0 Å². The molecule has 2 atom stereocenters. The van der Waals surface area contributed by atoms with Crippen LogP contribution in [-0.4, -0.2) is 51.7 Å². The second-order valence-corrected chi connectivity index (χ2v) is 5.72. The summed E-state index contributed by atoms with van der Waals surface area (Å²) in [6.45, 7) is 9.80. The highest BCUT2D eigenvalue weighted by Crippen LogP contribution is 2.16. The Kier molecular flexibility index (Phi) is 4.59. The molecule has 1 fully saturated rings. The van der Waals surface area contributed by atoms with Gasteiger partial charge in [0.05, 0.1) is 30.8 Å². The van der Waals surface area contributed by atoms with E-state index in [0.717, 1.165) is 31.9 Å². The maximum atomic E-state index is 5.97. The lowest BCUT2D eigenvalue weighted by atomic mass is 10.2. The van der Waals surface area contributed by atoms with Crippen LogP contribution in [-0.2, 0) is 11.3 Å². The predicted octanol–water partition coefficient (Wildman–Crippen LogP) is 1.69. The van der Waals surface area contributed by atoms with Crippen molar-refractivity contribution in [3.05, 3.63) is 11.9 Å². The molecule has 6 heteroatoms. The lowest BCUT2D eigenvalue weighted by molar-refractivity contribution is -0.0471. The molecule has 2 heterocycles. The fraction of sp³-hybridized carbons (Fsp3) is 0.833. The first-order valence-electron chi connectivity index (χ1n) is 6.46. The first-order valence-corrected chi connectivity index (χ1v) is 6.89. The number of hydrogen-bond donors (Lipinski definition) is 0. The van der Waals surface area contributed by atoms with Gasteiger partial charge in [-0.05, 0) is 20.8 Å². The molecule has 0 aliphatic carbocycles. The maximum Gasteiger partial charge on any atom is 0.100 e. The SMILES string of the molecule is CC(Cl)c1cn(CC2CN(C(C)C)CCO2)nn1. The first-order chi connectivity index (χ1) is 8.56. The molecule has 1 aromatic rings. The van der Waals surface area contributed by atoms with Crippen LogP contribution in [0.1, 0.15) is 31.8 Å². The van der Waals surface area contributed by atoms with E-state index in [4.69, 9.17) is 16.3 Å². The minimum Gasteiger partial charge on any atom is -0.374 e. The standard InChI is InChI=1S/C12H21ClN4O/c1-9(2)16-4-5-18-11(6-16)7-17-8-12(10(3)13)14-15-17/h8-11H,4-7H2,1-3H3. The minimum absolute atomic E-state index is 0.0989. The molecule has 18 heavy (non-hydrogen) atoms. The molecule has 0 spiro atoms. The summed E-state index contributed by atoms with van der Waals surface area (Å²) in [4.78, 5) is 2.43. The highest BCUT2D eigenvalue weighted by molar-refractivity contribution is 6.20. The van der Waals surface area contributed by atoms with Crippen LogP contribution in [0, 0.1) is 0 Å². The highest BCUT2D eigenvalue weighted by Gasteiger charge is 2.23. The van der Waals surface area contributed by atoms with Crippen LogP contribution in [0.15, 0.2) is 6.20 Å². The van der Waals surface area contributed by atoms with Crippen LogP contribution in [0.5, 0.6) is 0 Å². The Balaban J connectivity index is 1.92. The Morgan fingerprint density at radius 1 is 1.50 bits per heavy atom. The van der Waals surface area contributed by atoms with E-state index < -0.39 is 0 Å². The molecule has 0 amide bonds. The van der Waals surface area contributed by atoms with Crippen molar-refractivity contribution < 1.29 is 4.74 Å².